The number of nitrogens with zero attached hydrogens (tertiary/aromatic N) is 3. The maximum atomic E-state index is 10.9. The van der Waals surface area contributed by atoms with E-state index in [4.69, 9.17) is 11.6 Å². The van der Waals surface area contributed by atoms with Gasteiger partial charge in [0.1, 0.15) is 5.02 Å². The highest BCUT2D eigenvalue weighted by atomic mass is 35.5. The average Bonchev–Trinajstić information content (AvgIpc) is 2.82. The Morgan fingerprint density at radius 3 is 2.70 bits per heavy atom. The molecular weight excluding hydrogens is 314 g/mol. The molecule has 1 aromatic carbocycles. The molecule has 0 aliphatic heterocycles. The van der Waals surface area contributed by atoms with E-state index in [9.17, 15) is 10.1 Å². The van der Waals surface area contributed by atoms with Crippen molar-refractivity contribution in [2.45, 2.75) is 40.0 Å². The lowest BCUT2D eigenvalue weighted by Gasteiger charge is -2.34. The summed E-state index contributed by atoms with van der Waals surface area (Å²) in [6.07, 6.45) is 4.97. The van der Waals surface area contributed by atoms with Crippen LogP contribution in [0.2, 0.25) is 5.02 Å². The molecular formula is C17H20ClN3O2. The number of nitro groups is 1. The number of hydrogen-bond acceptors (Lipinski definition) is 4. The van der Waals surface area contributed by atoms with Crippen molar-refractivity contribution >= 4 is 29.2 Å². The molecule has 0 N–H and O–H groups in total. The van der Waals surface area contributed by atoms with Crippen molar-refractivity contribution in [3.8, 4) is 0 Å². The van der Waals surface area contributed by atoms with Crippen molar-refractivity contribution in [2.75, 3.05) is 0 Å². The van der Waals surface area contributed by atoms with Crippen LogP contribution >= 0.6 is 11.6 Å². The zero-order chi connectivity index (χ0) is 16.8. The van der Waals surface area contributed by atoms with Gasteiger partial charge in [0.05, 0.1) is 11.1 Å². The summed E-state index contributed by atoms with van der Waals surface area (Å²) >= 11 is 5.81. The molecule has 122 valence electrons. The van der Waals surface area contributed by atoms with Gasteiger partial charge in [-0.15, -0.1) is 0 Å². The maximum Gasteiger partial charge on any atom is 0.288 e. The van der Waals surface area contributed by atoms with Gasteiger partial charge >= 0.3 is 0 Å². The van der Waals surface area contributed by atoms with Crippen molar-refractivity contribution in [3.05, 3.63) is 38.9 Å². The third-order valence-corrected chi connectivity index (χ3v) is 6.38. The molecule has 6 heteroatoms. The Balaban J connectivity index is 1.83. The zero-order valence-corrected chi connectivity index (χ0v) is 14.3. The number of benzene rings is 1. The Hall–Kier alpha value is -1.75. The molecule has 1 aromatic rings. The number of hydrogen-bond donors (Lipinski definition) is 0. The molecule has 0 saturated heterocycles. The van der Waals surface area contributed by atoms with Crippen LogP contribution in [0.15, 0.2) is 28.4 Å². The monoisotopic (exact) mass is 333 g/mol. The molecule has 0 aromatic heterocycles. The molecule has 2 atom stereocenters. The average molecular weight is 334 g/mol. The second-order valence-corrected chi connectivity index (χ2v) is 7.66. The summed E-state index contributed by atoms with van der Waals surface area (Å²) in [4.78, 5) is 10.4. The summed E-state index contributed by atoms with van der Waals surface area (Å²) in [5, 5.41) is 19.7. The van der Waals surface area contributed by atoms with Gasteiger partial charge in [0, 0.05) is 22.8 Å². The normalized spacial score (nSPS) is 30.4. The molecule has 2 saturated carbocycles. The van der Waals surface area contributed by atoms with E-state index in [0.29, 0.717) is 11.5 Å². The third kappa shape index (κ3) is 2.47. The van der Waals surface area contributed by atoms with Crippen molar-refractivity contribution in [1.82, 2.24) is 0 Å². The van der Waals surface area contributed by atoms with Crippen LogP contribution in [0.5, 0.6) is 0 Å². The van der Waals surface area contributed by atoms with Gasteiger partial charge in [0.25, 0.3) is 5.69 Å². The predicted octanol–water partition coefficient (Wildman–Crippen LogP) is 4.87. The van der Waals surface area contributed by atoms with E-state index in [-0.39, 0.29) is 21.5 Å². The van der Waals surface area contributed by atoms with Crippen LogP contribution in [0.25, 0.3) is 0 Å². The Morgan fingerprint density at radius 1 is 1.39 bits per heavy atom. The molecule has 2 aliphatic carbocycles. The molecule has 3 rings (SSSR count). The Bertz CT molecular complexity index is 727. The molecule has 2 aliphatic rings. The summed E-state index contributed by atoms with van der Waals surface area (Å²) in [7, 11) is 0. The maximum absolute atomic E-state index is 10.9. The first kappa shape index (κ1) is 16.1. The predicted molar refractivity (Wildman–Crippen MR) is 92.4 cm³/mol. The minimum absolute atomic E-state index is 0.112. The highest BCUT2D eigenvalue weighted by Crippen LogP contribution is 2.63. The van der Waals surface area contributed by atoms with Crippen LogP contribution in [-0.4, -0.2) is 16.8 Å². The van der Waals surface area contributed by atoms with E-state index in [1.165, 1.54) is 18.6 Å². The Kier molecular flexibility index (Phi) is 3.79. The number of rotatable bonds is 3. The standard InChI is InChI=1S/C17H20ClN3O2/c1-16(2)12-6-7-17(16,3)15(9-12)20-19-10-11-4-5-13(18)14(8-11)21(22)23/h4-5,8,10,12H,6-7,9H2,1-3H3/b19-10-,20-15+/t12-,17+/m0/s1. The lowest BCUT2D eigenvalue weighted by Crippen LogP contribution is -2.32. The van der Waals surface area contributed by atoms with Gasteiger partial charge in [-0.25, -0.2) is 0 Å². The van der Waals surface area contributed by atoms with Crippen molar-refractivity contribution in [2.24, 2.45) is 27.0 Å². The van der Waals surface area contributed by atoms with Gasteiger partial charge in [-0.1, -0.05) is 38.4 Å². The lowest BCUT2D eigenvalue weighted by atomic mass is 9.70. The van der Waals surface area contributed by atoms with Gasteiger partial charge in [-0.05, 0) is 36.7 Å². The van der Waals surface area contributed by atoms with Gasteiger partial charge in [-0.3, -0.25) is 10.1 Å². The fraction of sp³-hybridized carbons (Fsp3) is 0.529. The summed E-state index contributed by atoms with van der Waals surface area (Å²) in [5.41, 5.74) is 2.04. The summed E-state index contributed by atoms with van der Waals surface area (Å²) in [6.45, 7) is 6.92. The molecule has 5 nitrogen and oxygen atoms in total. The third-order valence-electron chi connectivity index (χ3n) is 6.06. The SMILES string of the molecule is CC1(C)[C@H]2CC[C@]1(C)/C(=N/N=C\c1ccc(Cl)c([N+](=O)[O-])c1)C2. The van der Waals surface area contributed by atoms with Crippen molar-refractivity contribution in [3.63, 3.8) is 0 Å². The molecule has 23 heavy (non-hydrogen) atoms. The van der Waals surface area contributed by atoms with Gasteiger partial charge in [0.2, 0.25) is 0 Å². The van der Waals surface area contributed by atoms with Gasteiger partial charge < -0.3 is 0 Å². The Morgan fingerprint density at radius 2 is 2.13 bits per heavy atom. The molecule has 0 heterocycles. The Labute approximate surface area is 140 Å². The molecule has 2 bridgehead atoms. The first-order valence-corrected chi connectivity index (χ1v) is 8.18. The largest absolute Gasteiger partial charge is 0.288 e. The van der Waals surface area contributed by atoms with Crippen LogP contribution in [0, 0.1) is 26.9 Å². The van der Waals surface area contributed by atoms with Crippen LogP contribution in [0.4, 0.5) is 5.69 Å². The number of nitro benzene ring substituents is 1. The molecule has 0 unspecified atom stereocenters. The van der Waals surface area contributed by atoms with Crippen molar-refractivity contribution in [1.29, 1.82) is 0 Å². The van der Waals surface area contributed by atoms with E-state index in [1.807, 2.05) is 0 Å². The topological polar surface area (TPSA) is 67.9 Å². The molecule has 0 spiro atoms. The summed E-state index contributed by atoms with van der Waals surface area (Å²) in [6, 6.07) is 4.63. The quantitative estimate of drug-likeness (QED) is 0.450. The van der Waals surface area contributed by atoms with E-state index in [1.54, 1.807) is 12.3 Å². The fourth-order valence-electron chi connectivity index (χ4n) is 3.99. The minimum Gasteiger partial charge on any atom is -0.258 e. The molecule has 2 fully saturated rings. The van der Waals surface area contributed by atoms with E-state index >= 15 is 0 Å². The van der Waals surface area contributed by atoms with Crippen molar-refractivity contribution < 1.29 is 4.92 Å². The summed E-state index contributed by atoms with van der Waals surface area (Å²) < 4.78 is 0. The lowest BCUT2D eigenvalue weighted by molar-refractivity contribution is -0.384. The van der Waals surface area contributed by atoms with E-state index in [2.05, 4.69) is 31.0 Å². The minimum atomic E-state index is -0.495. The summed E-state index contributed by atoms with van der Waals surface area (Å²) in [5.74, 6) is 0.679. The number of halogens is 1. The van der Waals surface area contributed by atoms with Crippen LogP contribution < -0.4 is 0 Å². The first-order chi connectivity index (χ1) is 10.8. The van der Waals surface area contributed by atoms with E-state index in [0.717, 1.165) is 18.6 Å². The fourth-order valence-corrected chi connectivity index (χ4v) is 4.18. The highest BCUT2D eigenvalue weighted by molar-refractivity contribution is 6.32. The second kappa shape index (κ2) is 5.41. The molecule has 0 radical (unpaired) electrons. The van der Waals surface area contributed by atoms with Crippen LogP contribution in [0.3, 0.4) is 0 Å². The van der Waals surface area contributed by atoms with Crippen LogP contribution in [0.1, 0.15) is 45.6 Å². The second-order valence-electron chi connectivity index (χ2n) is 7.25. The molecule has 0 amide bonds. The zero-order valence-electron chi connectivity index (χ0n) is 13.5. The highest BCUT2D eigenvalue weighted by Gasteiger charge is 2.59. The van der Waals surface area contributed by atoms with Gasteiger partial charge in [-0.2, -0.15) is 10.2 Å². The van der Waals surface area contributed by atoms with Gasteiger partial charge in [0.15, 0.2) is 0 Å². The number of fused-ring (bicyclic) bond motifs is 2. The van der Waals surface area contributed by atoms with Crippen LogP contribution in [-0.2, 0) is 0 Å². The van der Waals surface area contributed by atoms with E-state index < -0.39 is 4.92 Å². The smallest absolute Gasteiger partial charge is 0.258 e. The first-order valence-electron chi connectivity index (χ1n) is 7.80.